The number of carbonyl (C=O) groups excluding carboxylic acids is 3. The lowest BCUT2D eigenvalue weighted by molar-refractivity contribution is 0.0475. The van der Waals surface area contributed by atoms with Crippen LogP contribution < -0.4 is 35.6 Å². The van der Waals surface area contributed by atoms with Crippen molar-refractivity contribution in [1.82, 2.24) is 25.6 Å². The average Bonchev–Trinajstić information content (AvgIpc) is 3.19. The Kier molecular flexibility index (Phi) is 14.2. The average molecular weight is 867 g/mol. The number of aromatic nitrogens is 3. The number of nitrogens with one attached hydrogen (secondary N) is 4. The van der Waals surface area contributed by atoms with E-state index in [0.29, 0.717) is 30.2 Å². The molecular formula is C45H51ClN8O8. The lowest BCUT2D eigenvalue weighted by Gasteiger charge is -2.38. The first-order valence-corrected chi connectivity index (χ1v) is 20.4. The maximum atomic E-state index is 13.7. The number of nitrogens with zero attached hydrogens (tertiary/aromatic N) is 4. The zero-order valence-electron chi connectivity index (χ0n) is 35.4. The van der Waals surface area contributed by atoms with Crippen molar-refractivity contribution in [3.05, 3.63) is 119 Å². The van der Waals surface area contributed by atoms with Crippen molar-refractivity contribution in [3.63, 3.8) is 0 Å². The Balaban J connectivity index is 1.16. The molecule has 6 rings (SSSR count). The van der Waals surface area contributed by atoms with E-state index in [9.17, 15) is 19.5 Å². The van der Waals surface area contributed by atoms with Crippen molar-refractivity contribution in [1.29, 1.82) is 0 Å². The van der Waals surface area contributed by atoms with Crippen LogP contribution in [-0.2, 0) is 22.7 Å². The quantitative estimate of drug-likeness (QED) is 0.0708. The number of alkyl carbamates (subject to hydrolysis) is 2. The monoisotopic (exact) mass is 866 g/mol. The van der Waals surface area contributed by atoms with Gasteiger partial charge in [0.15, 0.2) is 0 Å². The van der Waals surface area contributed by atoms with Gasteiger partial charge in [0.25, 0.3) is 5.91 Å². The second-order valence-corrected chi connectivity index (χ2v) is 16.9. The highest BCUT2D eigenvalue weighted by Crippen LogP contribution is 2.32. The van der Waals surface area contributed by atoms with Gasteiger partial charge < -0.3 is 50.2 Å². The Morgan fingerprint density at radius 1 is 0.742 bits per heavy atom. The molecule has 1 fully saturated rings. The fraction of sp³-hybridized carbons (Fsp3) is 0.333. The third-order valence-corrected chi connectivity index (χ3v) is 9.13. The molecule has 0 saturated carbocycles. The number of piperidine rings is 1. The minimum absolute atomic E-state index is 0.0461. The standard InChI is InChI=1S/C45H51ClN8O8/c1-44(2,3)61-42(57)48-31-21-32(49-43(58)62-45(4,5)6)25-54(24-31)41-52-39(46)51-40(53-41)47-30-17-20-35(36(55)22-30)50-38(56)34-19-18-33(59-26-28-13-9-7-10-14-28)23-37(34)60-27-29-15-11-8-12-16-29/h7-20,22-23,31-32,55H,21,24-27H2,1-6H3,(H,48,57)(H,49,58)(H,50,56)(H,47,51,52,53)/t31-,32+. The summed E-state index contributed by atoms with van der Waals surface area (Å²) in [5.41, 5.74) is 1.19. The highest BCUT2D eigenvalue weighted by Gasteiger charge is 2.33. The van der Waals surface area contributed by atoms with Gasteiger partial charge in [-0.15, -0.1) is 0 Å². The van der Waals surface area contributed by atoms with Crippen LogP contribution in [0.5, 0.6) is 17.2 Å². The number of phenolic OH excluding ortho intramolecular Hbond substituents is 1. The van der Waals surface area contributed by atoms with Gasteiger partial charge in [0, 0.05) is 30.9 Å². The summed E-state index contributed by atoms with van der Waals surface area (Å²) in [6, 6.07) is 27.8. The molecule has 5 N–H and O–H groups in total. The summed E-state index contributed by atoms with van der Waals surface area (Å²) in [5.74, 6) is 0.251. The Bertz CT molecular complexity index is 2300. The zero-order chi connectivity index (χ0) is 44.4. The van der Waals surface area contributed by atoms with E-state index in [2.05, 4.69) is 36.2 Å². The largest absolute Gasteiger partial charge is 0.506 e. The molecule has 5 aromatic rings. The van der Waals surface area contributed by atoms with Crippen LogP contribution in [-0.4, -0.2) is 74.5 Å². The first-order valence-electron chi connectivity index (χ1n) is 20.0. The number of phenols is 1. The lowest BCUT2D eigenvalue weighted by Crippen LogP contribution is -2.58. The highest BCUT2D eigenvalue weighted by molar-refractivity contribution is 6.28. The van der Waals surface area contributed by atoms with Gasteiger partial charge in [-0.2, -0.15) is 15.0 Å². The van der Waals surface area contributed by atoms with Gasteiger partial charge in [0.05, 0.1) is 23.3 Å². The van der Waals surface area contributed by atoms with E-state index in [0.717, 1.165) is 11.1 Å². The molecule has 2 atom stereocenters. The molecule has 326 valence electrons. The van der Waals surface area contributed by atoms with Crippen LogP contribution in [0, 0.1) is 0 Å². The number of aromatic hydroxyl groups is 1. The second kappa shape index (κ2) is 19.7. The molecule has 3 amide bonds. The van der Waals surface area contributed by atoms with Gasteiger partial charge in [0.2, 0.25) is 17.2 Å². The zero-order valence-corrected chi connectivity index (χ0v) is 36.2. The van der Waals surface area contributed by atoms with Crippen LogP contribution in [0.4, 0.5) is 32.9 Å². The van der Waals surface area contributed by atoms with Crippen molar-refractivity contribution in [3.8, 4) is 17.2 Å². The predicted molar refractivity (Wildman–Crippen MR) is 235 cm³/mol. The third-order valence-electron chi connectivity index (χ3n) is 8.96. The Morgan fingerprint density at radius 3 is 1.89 bits per heavy atom. The summed E-state index contributed by atoms with van der Waals surface area (Å²) in [6.45, 7) is 11.6. The summed E-state index contributed by atoms with van der Waals surface area (Å²) in [4.78, 5) is 54.1. The molecule has 0 unspecified atom stereocenters. The van der Waals surface area contributed by atoms with Crippen molar-refractivity contribution in [2.75, 3.05) is 28.6 Å². The molecule has 0 bridgehead atoms. The topological polar surface area (TPSA) is 198 Å². The van der Waals surface area contributed by atoms with E-state index in [1.165, 1.54) is 12.1 Å². The van der Waals surface area contributed by atoms with E-state index < -0.39 is 41.4 Å². The van der Waals surface area contributed by atoms with Gasteiger partial charge in [-0.25, -0.2) is 9.59 Å². The van der Waals surface area contributed by atoms with Crippen LogP contribution in [0.2, 0.25) is 5.28 Å². The van der Waals surface area contributed by atoms with Gasteiger partial charge in [0.1, 0.15) is 41.7 Å². The number of hydrogen-bond donors (Lipinski definition) is 5. The Hall–Kier alpha value is -6.81. The van der Waals surface area contributed by atoms with Crippen LogP contribution in [0.3, 0.4) is 0 Å². The van der Waals surface area contributed by atoms with Crippen LogP contribution in [0.1, 0.15) is 69.4 Å². The molecule has 1 saturated heterocycles. The molecule has 62 heavy (non-hydrogen) atoms. The van der Waals surface area contributed by atoms with Gasteiger partial charge >= 0.3 is 12.2 Å². The van der Waals surface area contributed by atoms with E-state index in [1.807, 2.05) is 60.7 Å². The fourth-order valence-corrected chi connectivity index (χ4v) is 6.52. The number of anilines is 4. The predicted octanol–water partition coefficient (Wildman–Crippen LogP) is 8.38. The number of ether oxygens (including phenoxy) is 4. The molecule has 1 aliphatic rings. The normalized spacial score (nSPS) is 15.2. The molecule has 1 aromatic heterocycles. The summed E-state index contributed by atoms with van der Waals surface area (Å²) >= 11 is 6.40. The summed E-state index contributed by atoms with van der Waals surface area (Å²) < 4.78 is 23.1. The molecule has 0 spiro atoms. The van der Waals surface area contributed by atoms with Crippen LogP contribution in [0.15, 0.2) is 97.1 Å². The highest BCUT2D eigenvalue weighted by atomic mass is 35.5. The van der Waals surface area contributed by atoms with E-state index in [4.69, 9.17) is 30.5 Å². The van der Waals surface area contributed by atoms with Gasteiger partial charge in [-0.3, -0.25) is 4.79 Å². The number of rotatable bonds is 13. The fourth-order valence-electron chi connectivity index (χ4n) is 6.37. The molecular weight excluding hydrogens is 816 g/mol. The van der Waals surface area contributed by atoms with E-state index in [-0.39, 0.29) is 53.9 Å². The summed E-state index contributed by atoms with van der Waals surface area (Å²) in [5, 5.41) is 22.5. The summed E-state index contributed by atoms with van der Waals surface area (Å²) in [6.07, 6.45) is -0.859. The third kappa shape index (κ3) is 13.6. The van der Waals surface area contributed by atoms with Crippen LogP contribution in [0.25, 0.3) is 0 Å². The first kappa shape index (κ1) is 44.7. The number of hydrogen-bond acceptors (Lipinski definition) is 13. The minimum Gasteiger partial charge on any atom is -0.506 e. The lowest BCUT2D eigenvalue weighted by atomic mass is 10.0. The van der Waals surface area contributed by atoms with E-state index >= 15 is 0 Å². The maximum Gasteiger partial charge on any atom is 0.407 e. The molecule has 4 aromatic carbocycles. The molecule has 0 radical (unpaired) electrons. The number of halogens is 1. The van der Waals surface area contributed by atoms with Gasteiger partial charge in [-0.1, -0.05) is 60.7 Å². The molecule has 17 heteroatoms. The van der Waals surface area contributed by atoms with E-state index in [1.54, 1.807) is 70.7 Å². The van der Waals surface area contributed by atoms with Crippen molar-refractivity contribution >= 4 is 53.0 Å². The first-order chi connectivity index (χ1) is 29.4. The Morgan fingerprint density at radius 2 is 1.32 bits per heavy atom. The van der Waals surface area contributed by atoms with Crippen molar-refractivity contribution in [2.45, 2.75) is 84.5 Å². The minimum atomic E-state index is -0.723. The van der Waals surface area contributed by atoms with Gasteiger partial charge in [-0.05, 0) is 95.0 Å². The molecule has 2 heterocycles. The second-order valence-electron chi connectivity index (χ2n) is 16.6. The number of carbonyl (C=O) groups is 3. The number of benzene rings is 4. The molecule has 0 aliphatic carbocycles. The maximum absolute atomic E-state index is 13.7. The molecule has 1 aliphatic heterocycles. The Labute approximate surface area is 365 Å². The number of amides is 3. The SMILES string of the molecule is CC(C)(C)OC(=O)N[C@@H]1C[C@H](NC(=O)OC(C)(C)C)CN(c2nc(Cl)nc(Nc3ccc(NC(=O)c4ccc(OCc5ccccc5)cc4OCc4ccccc4)c(O)c3)n2)C1. The smallest absolute Gasteiger partial charge is 0.407 e. The van der Waals surface area contributed by atoms with Crippen LogP contribution >= 0.6 is 11.6 Å². The molecule has 16 nitrogen and oxygen atoms in total. The van der Waals surface area contributed by atoms with Crippen molar-refractivity contribution < 1.29 is 38.4 Å². The van der Waals surface area contributed by atoms with Crippen molar-refractivity contribution in [2.24, 2.45) is 0 Å². The summed E-state index contributed by atoms with van der Waals surface area (Å²) in [7, 11) is 0.